The largest absolute Gasteiger partial charge is 0.497 e. The van der Waals surface area contributed by atoms with Crippen LogP contribution in [0.15, 0.2) is 35.4 Å². The number of carbonyl (C=O) groups is 3. The average Bonchev–Trinajstić information content (AvgIpc) is 3.26. The van der Waals surface area contributed by atoms with Gasteiger partial charge in [-0.25, -0.2) is 4.79 Å². The minimum absolute atomic E-state index is 0.0403. The fourth-order valence-corrected chi connectivity index (χ4v) is 20.6. The van der Waals surface area contributed by atoms with Gasteiger partial charge >= 0.3 is 11.9 Å². The minimum atomic E-state index is -2.59. The molecule has 2 saturated carbocycles. The highest BCUT2D eigenvalue weighted by atomic mass is 28.4. The number of fused-ring (bicyclic) bond motifs is 5. The Morgan fingerprint density at radius 2 is 1.35 bits per heavy atom. The second-order valence-electron chi connectivity index (χ2n) is 19.6. The van der Waals surface area contributed by atoms with Gasteiger partial charge in [-0.05, 0) is 97.6 Å². The van der Waals surface area contributed by atoms with Gasteiger partial charge in [0.05, 0.1) is 42.8 Å². The summed E-state index contributed by atoms with van der Waals surface area (Å²) in [4.78, 5) is 45.3. The Kier molecular flexibility index (Phi) is 15.5. The number of benzene rings is 1. The van der Waals surface area contributed by atoms with Crippen LogP contribution < -0.4 is 4.74 Å². The summed E-state index contributed by atoms with van der Waals surface area (Å²) in [5, 5.41) is 14.4. The van der Waals surface area contributed by atoms with E-state index in [9.17, 15) is 14.7 Å². The van der Waals surface area contributed by atoms with Crippen molar-refractivity contribution in [2.75, 3.05) is 13.7 Å². The van der Waals surface area contributed by atoms with Crippen molar-refractivity contribution < 1.29 is 51.7 Å². The zero-order valence-corrected chi connectivity index (χ0v) is 43.8. The zero-order valence-electron chi connectivity index (χ0n) is 40.8. The van der Waals surface area contributed by atoms with E-state index in [4.69, 9.17) is 32.2 Å². The van der Waals surface area contributed by atoms with E-state index in [-0.39, 0.29) is 30.8 Å². The highest BCUT2D eigenvalue weighted by Crippen LogP contribution is 2.65. The summed E-state index contributed by atoms with van der Waals surface area (Å²) in [6.45, 7) is 28.7. The normalized spacial score (nSPS) is 32.2. The van der Waals surface area contributed by atoms with Crippen molar-refractivity contribution in [1.29, 1.82) is 0 Å². The fraction of sp³-hybridized carbons (Fsp3) is 0.771. The topological polar surface area (TPSA) is 136 Å². The first-order valence-electron chi connectivity index (χ1n) is 23.8. The molecule has 14 heteroatoms. The Labute approximate surface area is 376 Å². The predicted octanol–water partition coefficient (Wildman–Crippen LogP) is 10.2. The maximum Gasteiger partial charge on any atom is 0.338 e. The van der Waals surface area contributed by atoms with E-state index in [1.165, 1.54) is 14.0 Å². The molecule has 0 spiro atoms. The fourth-order valence-electron chi connectivity index (χ4n) is 12.0. The number of ketones is 1. The van der Waals surface area contributed by atoms with E-state index < -0.39 is 95.4 Å². The molecule has 62 heavy (non-hydrogen) atoms. The number of hydrogen-bond acceptors (Lipinski definition) is 11. The number of carbonyl (C=O) groups excluding carboxylic acids is 3. The Morgan fingerprint density at radius 1 is 0.823 bits per heavy atom. The monoisotopic (exact) mass is 917 g/mol. The van der Waals surface area contributed by atoms with Crippen molar-refractivity contribution in [3.05, 3.63) is 41.0 Å². The average molecular weight is 917 g/mol. The number of methoxy groups -OCH3 is 1. The van der Waals surface area contributed by atoms with Crippen molar-refractivity contribution in [3.63, 3.8) is 0 Å². The van der Waals surface area contributed by atoms with E-state index in [0.29, 0.717) is 11.3 Å². The van der Waals surface area contributed by atoms with Gasteiger partial charge in [-0.3, -0.25) is 9.59 Å². The van der Waals surface area contributed by atoms with Gasteiger partial charge < -0.3 is 37.3 Å². The number of hydrogen-bond donors (Lipinski definition) is 1. The van der Waals surface area contributed by atoms with Gasteiger partial charge in [-0.2, -0.15) is 0 Å². The van der Waals surface area contributed by atoms with Gasteiger partial charge in [0, 0.05) is 25.2 Å². The van der Waals surface area contributed by atoms with Crippen LogP contribution in [0.25, 0.3) is 0 Å². The van der Waals surface area contributed by atoms with E-state index >= 15 is 4.79 Å². The predicted molar refractivity (Wildman–Crippen MR) is 250 cm³/mol. The third-order valence-electron chi connectivity index (χ3n) is 17.1. The smallest absolute Gasteiger partial charge is 0.338 e. The third kappa shape index (κ3) is 8.21. The number of ether oxygens (including phenoxy) is 4. The van der Waals surface area contributed by atoms with Crippen LogP contribution in [0.3, 0.4) is 0 Å². The third-order valence-corrected chi connectivity index (χ3v) is 31.0. The lowest BCUT2D eigenvalue weighted by Crippen LogP contribution is -2.82. The van der Waals surface area contributed by atoms with Gasteiger partial charge in [0.25, 0.3) is 0 Å². The molecule has 3 aliphatic carbocycles. The van der Waals surface area contributed by atoms with Crippen LogP contribution in [0.2, 0.25) is 54.4 Å². The molecule has 9 atom stereocenters. The molecular formula is C48H80O11Si3. The van der Waals surface area contributed by atoms with Crippen molar-refractivity contribution in [1.82, 2.24) is 0 Å². The molecule has 0 radical (unpaired) electrons. The van der Waals surface area contributed by atoms with Crippen molar-refractivity contribution >= 4 is 42.7 Å². The molecular weight excluding hydrogens is 837 g/mol. The van der Waals surface area contributed by atoms with Crippen LogP contribution in [0.1, 0.15) is 120 Å². The number of esters is 2. The van der Waals surface area contributed by atoms with E-state index in [1.807, 2.05) is 20.8 Å². The summed E-state index contributed by atoms with van der Waals surface area (Å²) >= 11 is 0. The first kappa shape index (κ1) is 50.8. The van der Waals surface area contributed by atoms with Gasteiger partial charge in [0.2, 0.25) is 0 Å². The van der Waals surface area contributed by atoms with Crippen molar-refractivity contribution in [3.8, 4) is 5.75 Å². The molecule has 0 aromatic heterocycles. The summed E-state index contributed by atoms with van der Waals surface area (Å²) in [7, 11) is -5.90. The number of aliphatic hydroxyl groups is 1. The highest BCUT2D eigenvalue weighted by molar-refractivity contribution is 6.74. The number of Topliss-reactive ketones (excluding diaryl/α,β-unsaturated/α-hetero) is 1. The van der Waals surface area contributed by atoms with E-state index in [0.717, 1.165) is 60.0 Å². The molecule has 2 bridgehead atoms. The molecule has 1 aromatic carbocycles. The highest BCUT2D eigenvalue weighted by Gasteiger charge is 2.79. The second-order valence-corrected chi connectivity index (χ2v) is 33.7. The lowest BCUT2D eigenvalue weighted by molar-refractivity contribution is -0.344. The standard InChI is InChI=1S/C48H80O11Si3/c1-16-60(17-2,18-3)57-36-30-48(52)43(55-44(51)34-26-25-27-35(28-34)53-15)41-46(14,42(50)40(39(32(36)10)45(48,12)13)59-62(22-7,23-8)24-9)37(58-61(19-4,20-5)21-6)29-38-47(41,31-54-38)56-33(11)49/h25-28,36-38,40-41,43,52H,16-24,29-31H2,1-15H3/t36-,37-,38+,40+,41?,43-,46+,47-,48+/m0/s1. The van der Waals surface area contributed by atoms with Crippen LogP contribution >= 0.6 is 0 Å². The summed E-state index contributed by atoms with van der Waals surface area (Å²) in [5.41, 5.74) is -4.26. The molecule has 1 N–H and O–H groups in total. The van der Waals surface area contributed by atoms with Crippen molar-refractivity contribution in [2.24, 2.45) is 16.7 Å². The zero-order chi connectivity index (χ0) is 46.3. The Balaban J connectivity index is 1.97. The Morgan fingerprint density at radius 3 is 1.84 bits per heavy atom. The van der Waals surface area contributed by atoms with Crippen LogP contribution in [-0.2, 0) is 37.1 Å². The summed E-state index contributed by atoms with van der Waals surface area (Å²) in [5.74, 6) is -2.09. The maximum atomic E-state index is 16.9. The molecule has 3 fully saturated rings. The maximum absolute atomic E-state index is 16.9. The summed E-state index contributed by atoms with van der Waals surface area (Å²) in [6.07, 6.45) is -4.15. The molecule has 1 saturated heterocycles. The van der Waals surface area contributed by atoms with Gasteiger partial charge in [-0.15, -0.1) is 0 Å². The molecule has 4 aliphatic rings. The minimum Gasteiger partial charge on any atom is -0.497 e. The van der Waals surface area contributed by atoms with Gasteiger partial charge in [0.15, 0.2) is 36.3 Å². The first-order valence-corrected chi connectivity index (χ1v) is 31.4. The number of rotatable bonds is 19. The van der Waals surface area contributed by atoms with Crippen LogP contribution in [0.4, 0.5) is 0 Å². The molecule has 11 nitrogen and oxygen atoms in total. The van der Waals surface area contributed by atoms with Crippen molar-refractivity contribution in [2.45, 2.75) is 206 Å². The summed E-state index contributed by atoms with van der Waals surface area (Å²) in [6, 6.07) is 14.2. The SMILES string of the molecule is CC[Si](CC)(CC)O[C@H]1C(=O)[C@@]2(C)C([C@H](OC(=O)c3cccc(OC)c3)[C@]3(O)C[C@H](O[Si](CC)(CC)CC)C(C)=C1C3(C)C)[C@]1(OC(C)=O)CO[C@@H]1C[C@@H]2O[Si](CC)(CC)CC. The molecule has 5 rings (SSSR count). The van der Waals surface area contributed by atoms with Crippen LogP contribution in [0, 0.1) is 16.7 Å². The molecule has 0 amide bonds. The molecule has 1 aliphatic heterocycles. The molecule has 1 unspecified atom stereocenters. The van der Waals surface area contributed by atoms with Gasteiger partial charge in [-0.1, -0.05) is 82.2 Å². The lowest BCUT2D eigenvalue weighted by atomic mass is 9.44. The molecule has 1 heterocycles. The van der Waals surface area contributed by atoms with Gasteiger partial charge in [0.1, 0.15) is 29.7 Å². The molecule has 350 valence electrons. The summed E-state index contributed by atoms with van der Waals surface area (Å²) < 4.78 is 48.0. The van der Waals surface area contributed by atoms with Crippen LogP contribution in [0.5, 0.6) is 5.75 Å². The van der Waals surface area contributed by atoms with Crippen LogP contribution in [-0.4, -0.2) is 103 Å². The quantitative estimate of drug-likeness (QED) is 0.0807. The Hall–Kier alpha value is -2.18. The first-order chi connectivity index (χ1) is 29.2. The lowest BCUT2D eigenvalue weighted by Gasteiger charge is -2.68. The van der Waals surface area contributed by atoms with E-state index in [2.05, 4.69) is 69.2 Å². The van der Waals surface area contributed by atoms with E-state index in [1.54, 1.807) is 24.3 Å². The Bertz CT molecular complexity index is 1800. The molecule has 1 aromatic rings. The second kappa shape index (κ2) is 19.0.